The van der Waals surface area contributed by atoms with Crippen LogP contribution in [0.25, 0.3) is 11.8 Å². The molecule has 0 unspecified atom stereocenters. The SMILES string of the molecule is CN(C)/C(=C/c1ccccc1I)c1ccccc1I. The van der Waals surface area contributed by atoms with Crippen LogP contribution in [0.3, 0.4) is 0 Å². The Bertz CT molecular complexity index is 603. The first-order valence-corrected chi connectivity index (χ1v) is 8.14. The second-order valence-electron chi connectivity index (χ2n) is 4.43. The molecule has 0 N–H and O–H groups in total. The first-order chi connectivity index (χ1) is 9.09. The van der Waals surface area contributed by atoms with Crippen LogP contribution in [0, 0.1) is 7.14 Å². The highest BCUT2D eigenvalue weighted by molar-refractivity contribution is 14.1. The van der Waals surface area contributed by atoms with Crippen molar-refractivity contribution in [3.05, 3.63) is 66.8 Å². The molecule has 2 aromatic rings. The molecule has 0 aliphatic rings. The van der Waals surface area contributed by atoms with Crippen LogP contribution in [-0.2, 0) is 0 Å². The summed E-state index contributed by atoms with van der Waals surface area (Å²) in [5.74, 6) is 0. The minimum atomic E-state index is 1.23. The highest BCUT2D eigenvalue weighted by Crippen LogP contribution is 2.26. The summed E-state index contributed by atoms with van der Waals surface area (Å²) in [4.78, 5) is 2.17. The van der Waals surface area contributed by atoms with E-state index in [2.05, 4.69) is 119 Å². The number of rotatable bonds is 3. The van der Waals surface area contributed by atoms with Crippen LogP contribution in [0.15, 0.2) is 48.5 Å². The highest BCUT2D eigenvalue weighted by Gasteiger charge is 2.08. The Hall–Kier alpha value is -0.560. The summed E-state index contributed by atoms with van der Waals surface area (Å²) in [6.07, 6.45) is 2.25. The zero-order valence-electron chi connectivity index (χ0n) is 10.9. The number of hydrogen-bond acceptors (Lipinski definition) is 1. The zero-order chi connectivity index (χ0) is 13.8. The molecule has 3 heteroatoms. The lowest BCUT2D eigenvalue weighted by Gasteiger charge is -2.19. The minimum Gasteiger partial charge on any atom is -0.377 e. The molecule has 0 saturated carbocycles. The molecule has 0 atom stereocenters. The van der Waals surface area contributed by atoms with Gasteiger partial charge in [-0.3, -0.25) is 0 Å². The summed E-state index contributed by atoms with van der Waals surface area (Å²) in [5, 5.41) is 0. The van der Waals surface area contributed by atoms with Crippen LogP contribution in [0.4, 0.5) is 0 Å². The van der Waals surface area contributed by atoms with E-state index in [1.54, 1.807) is 0 Å². The average molecular weight is 475 g/mol. The second-order valence-corrected chi connectivity index (χ2v) is 6.75. The quantitative estimate of drug-likeness (QED) is 0.449. The van der Waals surface area contributed by atoms with Crippen LogP contribution in [0.5, 0.6) is 0 Å². The van der Waals surface area contributed by atoms with Gasteiger partial charge in [0.15, 0.2) is 0 Å². The number of hydrogen-bond donors (Lipinski definition) is 0. The van der Waals surface area contributed by atoms with Crippen molar-refractivity contribution in [2.75, 3.05) is 14.1 Å². The molecule has 0 radical (unpaired) electrons. The summed E-state index contributed by atoms with van der Waals surface area (Å²) in [5.41, 5.74) is 3.76. The third kappa shape index (κ3) is 3.72. The predicted molar refractivity (Wildman–Crippen MR) is 99.9 cm³/mol. The van der Waals surface area contributed by atoms with Crippen molar-refractivity contribution in [2.24, 2.45) is 0 Å². The van der Waals surface area contributed by atoms with Gasteiger partial charge in [0.2, 0.25) is 0 Å². The van der Waals surface area contributed by atoms with Crippen LogP contribution in [0.1, 0.15) is 11.1 Å². The number of nitrogens with zero attached hydrogens (tertiary/aromatic N) is 1. The van der Waals surface area contributed by atoms with Gasteiger partial charge in [0.1, 0.15) is 0 Å². The van der Waals surface area contributed by atoms with E-state index in [1.165, 1.54) is 24.0 Å². The van der Waals surface area contributed by atoms with Crippen molar-refractivity contribution < 1.29 is 0 Å². The first kappa shape index (κ1) is 14.8. The highest BCUT2D eigenvalue weighted by atomic mass is 127. The van der Waals surface area contributed by atoms with Crippen molar-refractivity contribution in [1.82, 2.24) is 4.90 Å². The molecule has 19 heavy (non-hydrogen) atoms. The summed E-state index contributed by atoms with van der Waals surface area (Å²) < 4.78 is 2.54. The van der Waals surface area contributed by atoms with Crippen LogP contribution in [-0.4, -0.2) is 19.0 Å². The lowest BCUT2D eigenvalue weighted by Crippen LogP contribution is -2.11. The van der Waals surface area contributed by atoms with Gasteiger partial charge in [-0.05, 0) is 69.0 Å². The standard InChI is InChI=1S/C16H15I2N/c1-19(2)16(13-8-4-6-10-15(13)18)11-12-7-3-5-9-14(12)17/h3-11H,1-2H3/b16-11+. The fraction of sp³-hybridized carbons (Fsp3) is 0.125. The maximum Gasteiger partial charge on any atom is 0.0451 e. The largest absolute Gasteiger partial charge is 0.377 e. The molecule has 0 saturated heterocycles. The molecule has 0 aromatic heterocycles. The van der Waals surface area contributed by atoms with Crippen LogP contribution < -0.4 is 0 Å². The van der Waals surface area contributed by atoms with Gasteiger partial charge in [-0.1, -0.05) is 36.4 Å². The first-order valence-electron chi connectivity index (χ1n) is 5.98. The molecule has 2 rings (SSSR count). The van der Waals surface area contributed by atoms with E-state index in [9.17, 15) is 0 Å². The lowest BCUT2D eigenvalue weighted by atomic mass is 10.1. The molecule has 0 spiro atoms. The Labute approximate surface area is 142 Å². The smallest absolute Gasteiger partial charge is 0.0451 e. The Balaban J connectivity index is 2.54. The van der Waals surface area contributed by atoms with E-state index in [0.717, 1.165) is 0 Å². The maximum absolute atomic E-state index is 2.39. The van der Waals surface area contributed by atoms with Crippen LogP contribution >= 0.6 is 45.2 Å². The van der Waals surface area contributed by atoms with Gasteiger partial charge in [0.25, 0.3) is 0 Å². The molecule has 1 nitrogen and oxygen atoms in total. The van der Waals surface area contributed by atoms with Gasteiger partial charge in [0.05, 0.1) is 0 Å². The minimum absolute atomic E-state index is 1.23. The maximum atomic E-state index is 2.39. The Morgan fingerprint density at radius 1 is 0.895 bits per heavy atom. The Kier molecular flexibility index (Phi) is 5.27. The topological polar surface area (TPSA) is 3.24 Å². The Morgan fingerprint density at radius 3 is 2.05 bits per heavy atom. The lowest BCUT2D eigenvalue weighted by molar-refractivity contribution is 0.594. The summed E-state index contributed by atoms with van der Waals surface area (Å²) in [6, 6.07) is 16.9. The zero-order valence-corrected chi connectivity index (χ0v) is 15.2. The van der Waals surface area contributed by atoms with Gasteiger partial charge < -0.3 is 4.90 Å². The van der Waals surface area contributed by atoms with Crippen molar-refractivity contribution in [2.45, 2.75) is 0 Å². The van der Waals surface area contributed by atoms with Crippen molar-refractivity contribution in [3.63, 3.8) is 0 Å². The monoisotopic (exact) mass is 475 g/mol. The van der Waals surface area contributed by atoms with Crippen LogP contribution in [0.2, 0.25) is 0 Å². The van der Waals surface area contributed by atoms with E-state index in [4.69, 9.17) is 0 Å². The average Bonchev–Trinajstić information content (AvgIpc) is 2.38. The molecular weight excluding hydrogens is 460 g/mol. The molecule has 0 bridgehead atoms. The fourth-order valence-corrected chi connectivity index (χ4v) is 3.06. The molecule has 0 amide bonds. The molecule has 0 aliphatic heterocycles. The fourth-order valence-electron chi connectivity index (χ4n) is 1.86. The van der Waals surface area contributed by atoms with Gasteiger partial charge in [-0.25, -0.2) is 0 Å². The molecule has 98 valence electrons. The molecule has 0 heterocycles. The second kappa shape index (κ2) is 6.74. The third-order valence-electron chi connectivity index (χ3n) is 2.83. The summed E-state index contributed by atoms with van der Waals surface area (Å²) >= 11 is 4.77. The summed E-state index contributed by atoms with van der Waals surface area (Å²) in [7, 11) is 4.18. The van der Waals surface area contributed by atoms with Gasteiger partial charge in [-0.15, -0.1) is 0 Å². The Morgan fingerprint density at radius 2 is 1.47 bits per heavy atom. The number of halogens is 2. The van der Waals surface area contributed by atoms with Gasteiger partial charge >= 0.3 is 0 Å². The third-order valence-corrected chi connectivity index (χ3v) is 4.75. The normalized spacial score (nSPS) is 11.5. The molecule has 0 fully saturated rings. The number of benzene rings is 2. The van der Waals surface area contributed by atoms with E-state index in [1.807, 2.05) is 0 Å². The van der Waals surface area contributed by atoms with E-state index < -0.39 is 0 Å². The van der Waals surface area contributed by atoms with Crippen molar-refractivity contribution >= 4 is 57.0 Å². The summed E-state index contributed by atoms with van der Waals surface area (Å²) in [6.45, 7) is 0. The van der Waals surface area contributed by atoms with Gasteiger partial charge in [0, 0.05) is 32.5 Å². The van der Waals surface area contributed by atoms with Crippen molar-refractivity contribution in [1.29, 1.82) is 0 Å². The van der Waals surface area contributed by atoms with E-state index in [0.29, 0.717) is 0 Å². The molecular formula is C16H15I2N. The van der Waals surface area contributed by atoms with E-state index in [-0.39, 0.29) is 0 Å². The van der Waals surface area contributed by atoms with Crippen molar-refractivity contribution in [3.8, 4) is 0 Å². The molecule has 2 aromatic carbocycles. The molecule has 0 aliphatic carbocycles. The van der Waals surface area contributed by atoms with E-state index >= 15 is 0 Å². The van der Waals surface area contributed by atoms with Gasteiger partial charge in [-0.2, -0.15) is 0 Å². The predicted octanol–water partition coefficient (Wildman–Crippen LogP) is 4.96.